The third-order valence-electron chi connectivity index (χ3n) is 2.67. The van der Waals surface area contributed by atoms with Crippen LogP contribution < -0.4 is 5.32 Å². The van der Waals surface area contributed by atoms with Gasteiger partial charge in [-0.05, 0) is 40.0 Å². The Morgan fingerprint density at radius 1 is 1.43 bits per heavy atom. The minimum absolute atomic E-state index is 0.0148. The smallest absolute Gasteiger partial charge is 0.205 e. The minimum Gasteiger partial charge on any atom is -0.356 e. The third kappa shape index (κ3) is 4.90. The number of nitrogens with one attached hydrogen (secondary N) is 1. The predicted molar refractivity (Wildman–Crippen MR) is 89.0 cm³/mol. The molecular weight excluding hydrogens is 304 g/mol. The van der Waals surface area contributed by atoms with E-state index in [-0.39, 0.29) is 5.54 Å². The highest BCUT2D eigenvalue weighted by Gasteiger charge is 2.13. The molecule has 0 atom stereocenters. The summed E-state index contributed by atoms with van der Waals surface area (Å²) in [7, 11) is 3.97. The van der Waals surface area contributed by atoms with Gasteiger partial charge in [0.25, 0.3) is 0 Å². The lowest BCUT2D eigenvalue weighted by Gasteiger charge is -2.19. The number of aryl methyl sites for hydroxylation is 1. The van der Waals surface area contributed by atoms with E-state index in [0.717, 1.165) is 15.6 Å². The van der Waals surface area contributed by atoms with Crippen LogP contribution in [0.3, 0.4) is 0 Å². The molecule has 2 aromatic heterocycles. The molecule has 1 N–H and O–H groups in total. The Morgan fingerprint density at radius 2 is 2.14 bits per heavy atom. The maximum Gasteiger partial charge on any atom is 0.205 e. The second-order valence-electron chi connectivity index (χ2n) is 6.23. The number of nitrogens with zero attached hydrogens (tertiary/aromatic N) is 5. The summed E-state index contributed by atoms with van der Waals surface area (Å²) < 4.78 is 4.44. The van der Waals surface area contributed by atoms with Crippen molar-refractivity contribution >= 4 is 28.7 Å². The summed E-state index contributed by atoms with van der Waals surface area (Å²) in [5.74, 6) is 0. The van der Waals surface area contributed by atoms with Crippen LogP contribution in [0.25, 0.3) is 0 Å². The fourth-order valence-electron chi connectivity index (χ4n) is 1.91. The molecule has 0 bridgehead atoms. The normalized spacial score (nSPS) is 12.1. The fourth-order valence-corrected chi connectivity index (χ4v) is 3.11. The maximum atomic E-state index is 5.38. The van der Waals surface area contributed by atoms with Crippen molar-refractivity contribution in [1.82, 2.24) is 24.5 Å². The van der Waals surface area contributed by atoms with Gasteiger partial charge in [0, 0.05) is 30.9 Å². The van der Waals surface area contributed by atoms with Gasteiger partial charge in [0.05, 0.1) is 12.9 Å². The summed E-state index contributed by atoms with van der Waals surface area (Å²) in [5.41, 5.74) is 1.16. The van der Waals surface area contributed by atoms with Crippen molar-refractivity contribution in [2.24, 2.45) is 7.05 Å². The van der Waals surface area contributed by atoms with Crippen molar-refractivity contribution in [3.05, 3.63) is 21.9 Å². The van der Waals surface area contributed by atoms with Crippen molar-refractivity contribution in [2.75, 3.05) is 12.4 Å². The molecule has 0 aliphatic rings. The average molecular weight is 326 g/mol. The van der Waals surface area contributed by atoms with E-state index in [9.17, 15) is 0 Å². The summed E-state index contributed by atoms with van der Waals surface area (Å²) >= 11 is 6.89. The van der Waals surface area contributed by atoms with Gasteiger partial charge in [0.15, 0.2) is 3.95 Å². The molecule has 8 heteroatoms. The summed E-state index contributed by atoms with van der Waals surface area (Å²) in [6.45, 7) is 7.80. The molecule has 0 saturated heterocycles. The molecule has 116 valence electrons. The van der Waals surface area contributed by atoms with E-state index in [4.69, 9.17) is 12.2 Å². The summed E-state index contributed by atoms with van der Waals surface area (Å²) in [6.07, 6.45) is 3.90. The number of anilines is 1. The lowest BCUT2D eigenvalue weighted by molar-refractivity contribution is 0.245. The molecular formula is C13H22N6S2. The van der Waals surface area contributed by atoms with Crippen LogP contribution in [0.5, 0.6) is 0 Å². The Morgan fingerprint density at radius 3 is 2.71 bits per heavy atom. The zero-order valence-electron chi connectivity index (χ0n) is 13.1. The summed E-state index contributed by atoms with van der Waals surface area (Å²) in [5, 5.41) is 12.9. The molecule has 0 spiro atoms. The molecule has 2 rings (SSSR count). The van der Waals surface area contributed by atoms with Crippen molar-refractivity contribution in [3.8, 4) is 0 Å². The zero-order chi connectivity index (χ0) is 15.6. The van der Waals surface area contributed by atoms with Gasteiger partial charge in [0.2, 0.25) is 5.13 Å². The molecule has 21 heavy (non-hydrogen) atoms. The van der Waals surface area contributed by atoms with E-state index in [1.165, 1.54) is 16.9 Å². The van der Waals surface area contributed by atoms with Crippen LogP contribution >= 0.6 is 23.6 Å². The van der Waals surface area contributed by atoms with Gasteiger partial charge in [-0.1, -0.05) is 11.3 Å². The van der Waals surface area contributed by atoms with E-state index in [1.54, 1.807) is 0 Å². The highest BCUT2D eigenvalue weighted by molar-refractivity contribution is 7.73. The Bertz CT molecular complexity index is 648. The molecule has 6 nitrogen and oxygen atoms in total. The van der Waals surface area contributed by atoms with Crippen LogP contribution in [0, 0.1) is 3.95 Å². The standard InChI is InChI=1S/C13H22N6S2/c1-13(2,3)15-11-16-19(12(20)21-11)9-17(4)7-10-6-14-18(5)8-10/h6,8H,7,9H2,1-5H3,(H,15,16). The first-order valence-corrected chi connectivity index (χ1v) is 7.97. The minimum atomic E-state index is -0.0148. The van der Waals surface area contributed by atoms with Gasteiger partial charge in [-0.25, -0.2) is 4.68 Å². The Hall–Kier alpha value is -1.25. The van der Waals surface area contributed by atoms with Gasteiger partial charge in [0.1, 0.15) is 0 Å². The van der Waals surface area contributed by atoms with Crippen molar-refractivity contribution in [2.45, 2.75) is 39.5 Å². The first-order chi connectivity index (χ1) is 9.73. The van der Waals surface area contributed by atoms with E-state index in [1.807, 2.05) is 35.9 Å². The van der Waals surface area contributed by atoms with E-state index in [0.29, 0.717) is 6.67 Å². The van der Waals surface area contributed by atoms with Gasteiger partial charge in [-0.15, -0.1) is 5.10 Å². The SMILES string of the molecule is CN(Cc1cnn(C)c1)Cn1nc(NC(C)(C)C)sc1=S. The largest absolute Gasteiger partial charge is 0.356 e. The monoisotopic (exact) mass is 326 g/mol. The topological polar surface area (TPSA) is 50.9 Å². The first-order valence-electron chi connectivity index (χ1n) is 6.75. The maximum absolute atomic E-state index is 5.38. The summed E-state index contributed by atoms with van der Waals surface area (Å²) in [4.78, 5) is 2.16. The van der Waals surface area contributed by atoms with Gasteiger partial charge >= 0.3 is 0 Å². The second kappa shape index (κ2) is 6.25. The van der Waals surface area contributed by atoms with Crippen LogP contribution in [-0.2, 0) is 20.3 Å². The molecule has 2 heterocycles. The molecule has 0 radical (unpaired) electrons. The lowest BCUT2D eigenvalue weighted by Crippen LogP contribution is -2.26. The molecule has 2 aromatic rings. The third-order valence-corrected chi connectivity index (χ3v) is 3.90. The number of rotatable bonds is 5. The van der Waals surface area contributed by atoms with Crippen LogP contribution in [0.2, 0.25) is 0 Å². The highest BCUT2D eigenvalue weighted by Crippen LogP contribution is 2.19. The highest BCUT2D eigenvalue weighted by atomic mass is 32.1. The molecule has 0 fully saturated rings. The molecule has 0 saturated carbocycles. The molecule has 0 amide bonds. The average Bonchev–Trinajstić information content (AvgIpc) is 2.84. The Kier molecular flexibility index (Phi) is 4.80. The van der Waals surface area contributed by atoms with Crippen molar-refractivity contribution < 1.29 is 0 Å². The molecule has 0 aliphatic carbocycles. The van der Waals surface area contributed by atoms with Crippen molar-refractivity contribution in [1.29, 1.82) is 0 Å². The van der Waals surface area contributed by atoms with Gasteiger partial charge in [-0.3, -0.25) is 9.58 Å². The van der Waals surface area contributed by atoms with E-state index >= 15 is 0 Å². The zero-order valence-corrected chi connectivity index (χ0v) is 14.8. The van der Waals surface area contributed by atoms with Gasteiger partial charge in [-0.2, -0.15) is 5.10 Å². The first kappa shape index (κ1) is 16.1. The van der Waals surface area contributed by atoms with Crippen LogP contribution in [0.15, 0.2) is 12.4 Å². The van der Waals surface area contributed by atoms with Crippen molar-refractivity contribution in [3.63, 3.8) is 0 Å². The quantitative estimate of drug-likeness (QED) is 0.856. The predicted octanol–water partition coefficient (Wildman–Crippen LogP) is 2.71. The van der Waals surface area contributed by atoms with E-state index in [2.05, 4.69) is 41.2 Å². The number of hydrogen-bond donors (Lipinski definition) is 1. The Balaban J connectivity index is 2.00. The molecule has 0 aromatic carbocycles. The molecule has 0 unspecified atom stereocenters. The second-order valence-corrected chi connectivity index (χ2v) is 7.85. The molecule has 0 aliphatic heterocycles. The lowest BCUT2D eigenvalue weighted by atomic mass is 10.1. The number of hydrogen-bond acceptors (Lipinski definition) is 6. The van der Waals surface area contributed by atoms with Crippen LogP contribution in [0.1, 0.15) is 26.3 Å². The Labute approximate surface area is 134 Å². The fraction of sp³-hybridized carbons (Fsp3) is 0.615. The van der Waals surface area contributed by atoms with Crippen LogP contribution in [0.4, 0.5) is 5.13 Å². The number of aromatic nitrogens is 4. The van der Waals surface area contributed by atoms with E-state index < -0.39 is 0 Å². The summed E-state index contributed by atoms with van der Waals surface area (Å²) in [6, 6.07) is 0. The van der Waals surface area contributed by atoms with Gasteiger partial charge < -0.3 is 5.32 Å². The van der Waals surface area contributed by atoms with Crippen LogP contribution in [-0.4, -0.2) is 37.0 Å².